The van der Waals surface area contributed by atoms with Gasteiger partial charge in [0.05, 0.1) is 0 Å². The molecule has 0 spiro atoms. The lowest BCUT2D eigenvalue weighted by Gasteiger charge is -2.19. The number of carbonyl (C=O) groups is 2. The zero-order valence-corrected chi connectivity index (χ0v) is 17.1. The molecule has 2 aromatic carbocycles. The average molecular weight is 555 g/mol. The van der Waals surface area contributed by atoms with Crippen molar-refractivity contribution in [2.75, 3.05) is 4.90 Å². The summed E-state index contributed by atoms with van der Waals surface area (Å²) in [5.41, 5.74) is 0.802. The zero-order chi connectivity index (χ0) is 17.8. The van der Waals surface area contributed by atoms with Crippen molar-refractivity contribution in [2.24, 2.45) is 0 Å². The van der Waals surface area contributed by atoms with Crippen LogP contribution >= 0.6 is 45.2 Å². The Morgan fingerprint density at radius 1 is 0.760 bits per heavy atom. The number of hydrogen-bond donors (Lipinski definition) is 0. The van der Waals surface area contributed by atoms with E-state index in [0.29, 0.717) is 11.1 Å². The molecule has 0 aliphatic rings. The minimum atomic E-state index is -0.464. The Balaban J connectivity index is 2.07. The summed E-state index contributed by atoms with van der Waals surface area (Å²) in [6.07, 6.45) is 3.00. The molecule has 3 aromatic rings. The van der Waals surface area contributed by atoms with Gasteiger partial charge in [-0.05, 0) is 87.6 Å². The molecule has 0 aliphatic heterocycles. The van der Waals surface area contributed by atoms with Crippen LogP contribution in [0.4, 0.5) is 5.95 Å². The lowest BCUT2D eigenvalue weighted by molar-refractivity contribution is 0.0895. The van der Waals surface area contributed by atoms with Crippen molar-refractivity contribution in [3.63, 3.8) is 0 Å². The van der Waals surface area contributed by atoms with Gasteiger partial charge in [-0.15, -0.1) is 0 Å². The van der Waals surface area contributed by atoms with E-state index in [1.807, 2.05) is 12.1 Å². The number of nitrogens with zero attached hydrogens (tertiary/aromatic N) is 3. The molecule has 1 heterocycles. The predicted octanol–water partition coefficient (Wildman–Crippen LogP) is 4.17. The molecule has 7 heteroatoms. The molecule has 0 radical (unpaired) electrons. The summed E-state index contributed by atoms with van der Waals surface area (Å²) in [6, 6.07) is 15.7. The molecule has 3 rings (SSSR count). The summed E-state index contributed by atoms with van der Waals surface area (Å²) >= 11 is 4.24. The number of amides is 2. The second-order valence-corrected chi connectivity index (χ2v) is 7.51. The molecular formula is C18H11I2N3O2. The van der Waals surface area contributed by atoms with Gasteiger partial charge in [0.1, 0.15) is 0 Å². The number of rotatable bonds is 3. The smallest absolute Gasteiger partial charge is 0.267 e. The normalized spacial score (nSPS) is 10.3. The third-order valence-electron chi connectivity index (χ3n) is 3.30. The van der Waals surface area contributed by atoms with Gasteiger partial charge in [0, 0.05) is 30.7 Å². The third-order valence-corrected chi connectivity index (χ3v) is 4.64. The molecule has 0 aliphatic carbocycles. The fourth-order valence-corrected chi connectivity index (χ4v) is 3.27. The average Bonchev–Trinajstić information content (AvgIpc) is 2.62. The van der Waals surface area contributed by atoms with Gasteiger partial charge in [-0.25, -0.2) is 14.9 Å². The number of imide groups is 1. The van der Waals surface area contributed by atoms with Crippen LogP contribution in [-0.4, -0.2) is 21.8 Å². The van der Waals surface area contributed by atoms with E-state index in [9.17, 15) is 9.59 Å². The van der Waals surface area contributed by atoms with Crippen molar-refractivity contribution in [1.29, 1.82) is 0 Å². The molecule has 0 atom stereocenters. The van der Waals surface area contributed by atoms with Crippen LogP contribution in [0.25, 0.3) is 0 Å². The highest BCUT2D eigenvalue weighted by molar-refractivity contribution is 14.1. The lowest BCUT2D eigenvalue weighted by atomic mass is 10.1. The van der Waals surface area contributed by atoms with Gasteiger partial charge >= 0.3 is 0 Å². The third kappa shape index (κ3) is 4.21. The van der Waals surface area contributed by atoms with Crippen LogP contribution in [0.15, 0.2) is 67.0 Å². The van der Waals surface area contributed by atoms with Crippen molar-refractivity contribution in [1.82, 2.24) is 9.97 Å². The van der Waals surface area contributed by atoms with Crippen LogP contribution in [0.1, 0.15) is 20.7 Å². The second-order valence-electron chi connectivity index (χ2n) is 5.02. The number of aromatic nitrogens is 2. The molecule has 0 N–H and O–H groups in total. The van der Waals surface area contributed by atoms with Gasteiger partial charge in [0.2, 0.25) is 5.95 Å². The summed E-state index contributed by atoms with van der Waals surface area (Å²) in [5.74, 6) is -0.877. The summed E-state index contributed by atoms with van der Waals surface area (Å²) < 4.78 is 1.80. The summed E-state index contributed by atoms with van der Waals surface area (Å²) in [7, 11) is 0. The molecular weight excluding hydrogens is 544 g/mol. The first-order valence-corrected chi connectivity index (χ1v) is 9.39. The quantitative estimate of drug-likeness (QED) is 0.360. The van der Waals surface area contributed by atoms with E-state index in [1.165, 1.54) is 12.4 Å². The molecule has 5 nitrogen and oxygen atoms in total. The lowest BCUT2D eigenvalue weighted by Crippen LogP contribution is -2.38. The maximum absolute atomic E-state index is 13.0. The molecule has 0 fully saturated rings. The molecule has 124 valence electrons. The molecule has 2 amide bonds. The highest BCUT2D eigenvalue weighted by atomic mass is 127. The first kappa shape index (κ1) is 17.9. The predicted molar refractivity (Wildman–Crippen MR) is 111 cm³/mol. The maximum atomic E-state index is 13.0. The van der Waals surface area contributed by atoms with Crippen molar-refractivity contribution >= 4 is 62.9 Å². The van der Waals surface area contributed by atoms with E-state index in [-0.39, 0.29) is 5.95 Å². The molecule has 0 unspecified atom stereocenters. The minimum Gasteiger partial charge on any atom is -0.268 e. The number of benzene rings is 2. The van der Waals surface area contributed by atoms with E-state index < -0.39 is 11.8 Å². The second kappa shape index (κ2) is 8.00. The van der Waals surface area contributed by atoms with Crippen LogP contribution in [0, 0.1) is 7.14 Å². The van der Waals surface area contributed by atoms with Gasteiger partial charge in [-0.3, -0.25) is 9.59 Å². The summed E-state index contributed by atoms with van der Waals surface area (Å²) in [5, 5.41) is 0. The SMILES string of the molecule is O=C(c1cccc(I)c1)N(C(=O)c1cccc(I)c1)c1ncccn1. The maximum Gasteiger partial charge on any atom is 0.267 e. The topological polar surface area (TPSA) is 63.2 Å². The van der Waals surface area contributed by atoms with E-state index in [1.54, 1.807) is 42.5 Å². The van der Waals surface area contributed by atoms with E-state index in [4.69, 9.17) is 0 Å². The first-order chi connectivity index (χ1) is 12.1. The fourth-order valence-electron chi connectivity index (χ4n) is 2.18. The van der Waals surface area contributed by atoms with Gasteiger partial charge in [-0.2, -0.15) is 0 Å². The Bertz CT molecular complexity index is 875. The number of halogens is 2. The Hall–Kier alpha value is -1.88. The number of carbonyl (C=O) groups excluding carboxylic acids is 2. The fraction of sp³-hybridized carbons (Fsp3) is 0. The Morgan fingerprint density at radius 2 is 1.24 bits per heavy atom. The van der Waals surface area contributed by atoms with Gasteiger partial charge in [-0.1, -0.05) is 12.1 Å². The zero-order valence-electron chi connectivity index (χ0n) is 12.8. The van der Waals surface area contributed by atoms with Crippen molar-refractivity contribution in [2.45, 2.75) is 0 Å². The van der Waals surface area contributed by atoms with Crippen molar-refractivity contribution in [3.05, 3.63) is 85.3 Å². The molecule has 25 heavy (non-hydrogen) atoms. The largest absolute Gasteiger partial charge is 0.268 e. The van der Waals surface area contributed by atoms with Gasteiger partial charge in [0.15, 0.2) is 0 Å². The summed E-state index contributed by atoms with van der Waals surface area (Å²) in [6.45, 7) is 0. The molecule has 0 saturated heterocycles. The van der Waals surface area contributed by atoms with Gasteiger partial charge < -0.3 is 0 Å². The molecule has 0 bridgehead atoms. The first-order valence-electron chi connectivity index (χ1n) is 7.23. The van der Waals surface area contributed by atoms with Gasteiger partial charge in [0.25, 0.3) is 11.8 Å². The van der Waals surface area contributed by atoms with Crippen molar-refractivity contribution in [3.8, 4) is 0 Å². The highest BCUT2D eigenvalue weighted by Gasteiger charge is 2.28. The Kier molecular flexibility index (Phi) is 5.74. The van der Waals surface area contributed by atoms with Crippen LogP contribution in [0.5, 0.6) is 0 Å². The Labute approximate surface area is 171 Å². The van der Waals surface area contributed by atoms with Crippen LogP contribution in [0.2, 0.25) is 0 Å². The standard InChI is InChI=1S/C18H11I2N3O2/c19-14-6-1-4-12(10-14)16(24)23(18-21-8-3-9-22-18)17(25)13-5-2-7-15(20)11-13/h1-11H. The van der Waals surface area contributed by atoms with Crippen LogP contribution in [0.3, 0.4) is 0 Å². The van der Waals surface area contributed by atoms with E-state index in [0.717, 1.165) is 12.0 Å². The number of anilines is 1. The molecule has 1 aromatic heterocycles. The monoisotopic (exact) mass is 555 g/mol. The highest BCUT2D eigenvalue weighted by Crippen LogP contribution is 2.18. The van der Waals surface area contributed by atoms with E-state index in [2.05, 4.69) is 55.1 Å². The van der Waals surface area contributed by atoms with Crippen LogP contribution < -0.4 is 4.90 Å². The minimum absolute atomic E-state index is 0.0511. The van der Waals surface area contributed by atoms with Crippen LogP contribution in [-0.2, 0) is 0 Å². The molecule has 0 saturated carbocycles. The Morgan fingerprint density at radius 3 is 1.68 bits per heavy atom. The van der Waals surface area contributed by atoms with Crippen molar-refractivity contribution < 1.29 is 9.59 Å². The van der Waals surface area contributed by atoms with E-state index >= 15 is 0 Å². The summed E-state index contributed by atoms with van der Waals surface area (Å²) in [4.78, 5) is 35.2. The number of hydrogen-bond acceptors (Lipinski definition) is 4.